The molecule has 5 rings (SSSR count). The molecule has 178 valence electrons. The van der Waals surface area contributed by atoms with E-state index < -0.39 is 0 Å². The highest BCUT2D eigenvalue weighted by Crippen LogP contribution is 2.32. The number of fused-ring (bicyclic) bond motifs is 1. The van der Waals surface area contributed by atoms with Gasteiger partial charge in [0.05, 0.1) is 11.4 Å². The average Bonchev–Trinajstić information content (AvgIpc) is 3.65. The third kappa shape index (κ3) is 5.36. The summed E-state index contributed by atoms with van der Waals surface area (Å²) in [6.45, 7) is 3.11. The number of hydrogen-bond donors (Lipinski definition) is 1. The van der Waals surface area contributed by atoms with Gasteiger partial charge < -0.3 is 24.2 Å². The summed E-state index contributed by atoms with van der Waals surface area (Å²) < 4.78 is 16.1. The van der Waals surface area contributed by atoms with Crippen molar-refractivity contribution in [3.63, 3.8) is 0 Å². The van der Waals surface area contributed by atoms with Gasteiger partial charge in [0.1, 0.15) is 0 Å². The van der Waals surface area contributed by atoms with Crippen molar-refractivity contribution in [2.24, 2.45) is 0 Å². The number of nitrogens with one attached hydrogen (secondary N) is 1. The van der Waals surface area contributed by atoms with Crippen LogP contribution in [0.4, 0.5) is 0 Å². The lowest BCUT2D eigenvalue weighted by atomic mass is 10.1. The Hall–Kier alpha value is -4.11. The minimum Gasteiger partial charge on any atom is -0.454 e. The number of thiophene rings is 1. The van der Waals surface area contributed by atoms with E-state index in [1.807, 2.05) is 60.8 Å². The number of amides is 2. The first-order chi connectivity index (χ1) is 17.0. The molecule has 4 aromatic rings. The van der Waals surface area contributed by atoms with Gasteiger partial charge in [0, 0.05) is 19.2 Å². The van der Waals surface area contributed by atoms with Gasteiger partial charge in [-0.2, -0.15) is 0 Å². The molecule has 0 spiro atoms. The highest BCUT2D eigenvalue weighted by Gasteiger charge is 2.21. The molecule has 3 heterocycles. The van der Waals surface area contributed by atoms with E-state index >= 15 is 0 Å². The molecule has 0 unspecified atom stereocenters. The lowest BCUT2D eigenvalue weighted by Gasteiger charge is -2.21. The van der Waals surface area contributed by atoms with Gasteiger partial charge >= 0.3 is 0 Å². The van der Waals surface area contributed by atoms with Gasteiger partial charge in [0.25, 0.3) is 11.8 Å². The molecule has 2 aromatic heterocycles. The molecule has 1 N–H and O–H groups in total. The zero-order valence-electron chi connectivity index (χ0n) is 19.0. The van der Waals surface area contributed by atoms with Crippen LogP contribution in [0.15, 0.2) is 70.6 Å². The Kier molecular flexibility index (Phi) is 6.49. The van der Waals surface area contributed by atoms with Crippen LogP contribution in [0.3, 0.4) is 0 Å². The summed E-state index contributed by atoms with van der Waals surface area (Å²) in [4.78, 5) is 28.1. The van der Waals surface area contributed by atoms with E-state index in [0.29, 0.717) is 35.2 Å². The van der Waals surface area contributed by atoms with Gasteiger partial charge in [-0.1, -0.05) is 47.1 Å². The second-order valence-electron chi connectivity index (χ2n) is 8.17. The molecule has 0 bridgehead atoms. The Labute approximate surface area is 206 Å². The molecular formula is C26H23N3O5S. The number of rotatable bonds is 8. The SMILES string of the molecule is Cc1ccc(CN(Cc2cc(C(=O)NCc3ccc4c(c3)OCO4)no2)C(=O)c2cccs2)cc1. The summed E-state index contributed by atoms with van der Waals surface area (Å²) in [5.74, 6) is 1.30. The maximum atomic E-state index is 13.1. The van der Waals surface area contributed by atoms with Gasteiger partial charge in [-0.15, -0.1) is 11.3 Å². The highest BCUT2D eigenvalue weighted by atomic mass is 32.1. The van der Waals surface area contributed by atoms with Crippen LogP contribution < -0.4 is 14.8 Å². The number of aromatic nitrogens is 1. The van der Waals surface area contributed by atoms with Crippen LogP contribution >= 0.6 is 11.3 Å². The maximum Gasteiger partial charge on any atom is 0.273 e. The Bertz CT molecular complexity index is 1330. The Balaban J connectivity index is 1.25. The van der Waals surface area contributed by atoms with Crippen molar-refractivity contribution in [3.05, 3.63) is 99.1 Å². The molecule has 2 aromatic carbocycles. The third-order valence-corrected chi connectivity index (χ3v) is 6.40. The van der Waals surface area contributed by atoms with E-state index in [4.69, 9.17) is 14.0 Å². The quantitative estimate of drug-likeness (QED) is 0.390. The van der Waals surface area contributed by atoms with Gasteiger partial charge in [0.2, 0.25) is 6.79 Å². The van der Waals surface area contributed by atoms with Crippen LogP contribution in [0.25, 0.3) is 0 Å². The summed E-state index contributed by atoms with van der Waals surface area (Å²) >= 11 is 1.39. The summed E-state index contributed by atoms with van der Waals surface area (Å²) in [7, 11) is 0. The molecule has 0 saturated heterocycles. The standard InChI is InChI=1S/C26H23N3O5S/c1-17-4-6-18(7-5-17)14-29(26(31)24-3-2-10-35-24)15-20-12-21(28-34-20)25(30)27-13-19-8-9-22-23(11-19)33-16-32-22/h2-12H,13-16H2,1H3,(H,27,30). The second-order valence-corrected chi connectivity index (χ2v) is 9.12. The summed E-state index contributed by atoms with van der Waals surface area (Å²) in [6, 6.07) is 18.7. The van der Waals surface area contributed by atoms with E-state index in [0.717, 1.165) is 16.7 Å². The van der Waals surface area contributed by atoms with E-state index in [1.165, 1.54) is 11.3 Å². The molecule has 0 fully saturated rings. The summed E-state index contributed by atoms with van der Waals surface area (Å²) in [5, 5.41) is 8.61. The summed E-state index contributed by atoms with van der Waals surface area (Å²) in [6.07, 6.45) is 0. The summed E-state index contributed by atoms with van der Waals surface area (Å²) in [5.41, 5.74) is 3.18. The van der Waals surface area contributed by atoms with Crippen molar-refractivity contribution in [1.29, 1.82) is 0 Å². The number of benzene rings is 2. The zero-order valence-corrected chi connectivity index (χ0v) is 19.8. The molecular weight excluding hydrogens is 466 g/mol. The van der Waals surface area contributed by atoms with Crippen molar-refractivity contribution in [2.45, 2.75) is 26.6 Å². The van der Waals surface area contributed by atoms with Crippen molar-refractivity contribution in [3.8, 4) is 11.5 Å². The fourth-order valence-electron chi connectivity index (χ4n) is 3.68. The van der Waals surface area contributed by atoms with Crippen LogP contribution in [0, 0.1) is 6.92 Å². The molecule has 1 aliphatic rings. The first kappa shape index (κ1) is 22.7. The fourth-order valence-corrected chi connectivity index (χ4v) is 4.37. The lowest BCUT2D eigenvalue weighted by Crippen LogP contribution is -2.29. The Morgan fingerprint density at radius 2 is 1.80 bits per heavy atom. The number of nitrogens with zero attached hydrogens (tertiary/aromatic N) is 2. The average molecular weight is 490 g/mol. The molecule has 0 radical (unpaired) electrons. The molecule has 2 amide bonds. The minimum absolute atomic E-state index is 0.106. The van der Waals surface area contributed by atoms with Gasteiger partial charge in [-0.25, -0.2) is 0 Å². The Morgan fingerprint density at radius 1 is 1.00 bits per heavy atom. The monoisotopic (exact) mass is 489 g/mol. The largest absolute Gasteiger partial charge is 0.454 e. The lowest BCUT2D eigenvalue weighted by molar-refractivity contribution is 0.0718. The van der Waals surface area contributed by atoms with Gasteiger partial charge in [-0.05, 0) is 41.6 Å². The molecule has 0 aliphatic carbocycles. The molecule has 35 heavy (non-hydrogen) atoms. The Morgan fingerprint density at radius 3 is 2.60 bits per heavy atom. The predicted molar refractivity (Wildman–Crippen MR) is 129 cm³/mol. The van der Waals surface area contributed by atoms with Crippen LogP contribution in [-0.4, -0.2) is 28.7 Å². The second kappa shape index (κ2) is 10.0. The van der Waals surface area contributed by atoms with Crippen molar-refractivity contribution >= 4 is 23.2 Å². The molecule has 9 heteroatoms. The van der Waals surface area contributed by atoms with Crippen molar-refractivity contribution in [2.75, 3.05) is 6.79 Å². The number of hydrogen-bond acceptors (Lipinski definition) is 7. The van der Waals surface area contributed by atoms with E-state index in [2.05, 4.69) is 10.5 Å². The first-order valence-corrected chi connectivity index (χ1v) is 11.9. The first-order valence-electron chi connectivity index (χ1n) is 11.1. The molecule has 8 nitrogen and oxygen atoms in total. The van der Waals surface area contributed by atoms with Crippen LogP contribution in [-0.2, 0) is 19.6 Å². The topological polar surface area (TPSA) is 93.9 Å². The number of carbonyl (C=O) groups excluding carboxylic acids is 2. The predicted octanol–water partition coefficient (Wildman–Crippen LogP) is 4.55. The normalized spacial score (nSPS) is 11.9. The fraction of sp³-hybridized carbons (Fsp3) is 0.192. The van der Waals surface area contributed by atoms with Crippen LogP contribution in [0.1, 0.15) is 42.6 Å². The number of ether oxygens (including phenoxy) is 2. The molecule has 0 atom stereocenters. The van der Waals surface area contributed by atoms with Crippen LogP contribution in [0.5, 0.6) is 11.5 Å². The van der Waals surface area contributed by atoms with Crippen molar-refractivity contribution in [1.82, 2.24) is 15.4 Å². The van der Waals surface area contributed by atoms with E-state index in [1.54, 1.807) is 17.0 Å². The van der Waals surface area contributed by atoms with E-state index in [-0.39, 0.29) is 30.8 Å². The number of aryl methyl sites for hydroxylation is 1. The maximum absolute atomic E-state index is 13.1. The minimum atomic E-state index is -0.368. The third-order valence-electron chi connectivity index (χ3n) is 5.54. The van der Waals surface area contributed by atoms with Gasteiger partial charge in [0.15, 0.2) is 23.0 Å². The van der Waals surface area contributed by atoms with Gasteiger partial charge in [-0.3, -0.25) is 9.59 Å². The van der Waals surface area contributed by atoms with Crippen LogP contribution in [0.2, 0.25) is 0 Å². The van der Waals surface area contributed by atoms with Crippen molar-refractivity contribution < 1.29 is 23.6 Å². The van der Waals surface area contributed by atoms with E-state index in [9.17, 15) is 9.59 Å². The smallest absolute Gasteiger partial charge is 0.273 e. The highest BCUT2D eigenvalue weighted by molar-refractivity contribution is 7.12. The number of carbonyl (C=O) groups is 2. The molecule has 0 saturated carbocycles. The zero-order chi connectivity index (χ0) is 24.2. The molecule has 1 aliphatic heterocycles.